The van der Waals surface area contributed by atoms with E-state index in [-0.39, 0.29) is 34.5 Å². The molecule has 2 N–H and O–H groups in total. The number of phosphoric ester groups is 2. The maximum absolute atomic E-state index is 14.0. The molecule has 5 rings (SSSR count). The van der Waals surface area contributed by atoms with E-state index in [2.05, 4.69) is 0 Å². The van der Waals surface area contributed by atoms with Crippen molar-refractivity contribution in [2.24, 2.45) is 0 Å². The fourth-order valence-corrected chi connectivity index (χ4v) is 6.74. The fraction of sp³-hybridized carbons (Fsp3) is 0.118. The predicted octanol–water partition coefficient (Wildman–Crippen LogP) is 9.87. The minimum absolute atomic E-state index is 0.0880. The van der Waals surface area contributed by atoms with Crippen LogP contribution in [0.25, 0.3) is 0 Å². The number of aromatic hydroxyl groups is 2. The summed E-state index contributed by atoms with van der Waals surface area (Å²) in [5.41, 5.74) is 3.88. The molecular weight excluding hydrogens is 614 g/mol. The third-order valence-electron chi connectivity index (χ3n) is 5.98. The van der Waals surface area contributed by atoms with E-state index in [0.717, 1.165) is 22.3 Å². The molecule has 0 aromatic heterocycles. The van der Waals surface area contributed by atoms with Gasteiger partial charge in [0.1, 0.15) is 34.5 Å². The van der Waals surface area contributed by atoms with Crippen LogP contribution < -0.4 is 18.1 Å². The van der Waals surface area contributed by atoms with Gasteiger partial charge in [0.15, 0.2) is 0 Å². The van der Waals surface area contributed by atoms with Crippen molar-refractivity contribution in [3.8, 4) is 34.5 Å². The zero-order valence-corrected chi connectivity index (χ0v) is 27.0. The van der Waals surface area contributed by atoms with Crippen LogP contribution >= 0.6 is 15.6 Å². The summed E-state index contributed by atoms with van der Waals surface area (Å²) in [6.45, 7) is 7.62. The molecule has 0 aliphatic rings. The summed E-state index contributed by atoms with van der Waals surface area (Å²) < 4.78 is 56.4. The quantitative estimate of drug-likeness (QED) is 0.143. The van der Waals surface area contributed by atoms with Crippen LogP contribution in [-0.2, 0) is 13.4 Å². The minimum atomic E-state index is -4.62. The van der Waals surface area contributed by atoms with Crippen LogP contribution in [-0.4, -0.2) is 10.2 Å². The molecule has 0 amide bonds. The lowest BCUT2D eigenvalue weighted by Gasteiger charge is -2.24. The van der Waals surface area contributed by atoms with E-state index >= 15 is 0 Å². The molecule has 0 radical (unpaired) electrons. The Kier molecular flexibility index (Phi) is 11.0. The summed E-state index contributed by atoms with van der Waals surface area (Å²) in [6.07, 6.45) is 0. The molecule has 0 aliphatic carbocycles. The van der Waals surface area contributed by atoms with Crippen molar-refractivity contribution in [2.45, 2.75) is 27.7 Å². The van der Waals surface area contributed by atoms with E-state index in [0.29, 0.717) is 0 Å². The molecule has 0 unspecified atom stereocenters. The van der Waals surface area contributed by atoms with Crippen LogP contribution in [0.2, 0.25) is 0 Å². The van der Waals surface area contributed by atoms with Gasteiger partial charge >= 0.3 is 15.6 Å². The van der Waals surface area contributed by atoms with Crippen molar-refractivity contribution in [3.05, 3.63) is 144 Å². The molecule has 45 heavy (non-hydrogen) atoms. The largest absolute Gasteiger partial charge is 0.598 e. The SMILES string of the molecule is Cc1ccc(OP(=O)(Oc2ccc(C)cc2)OP(=O)(Oc2ccc(C)cc2)Oc2ccc(C)cc2)cc1.Oc1cccc(O)c1. The number of phenolic OH excluding ortho intramolecular Hbond substituents is 2. The van der Waals surface area contributed by atoms with E-state index < -0.39 is 15.6 Å². The highest BCUT2D eigenvalue weighted by molar-refractivity contribution is 7.63. The van der Waals surface area contributed by atoms with Crippen LogP contribution in [0, 0.1) is 27.7 Å². The normalized spacial score (nSPS) is 11.1. The van der Waals surface area contributed by atoms with E-state index in [1.807, 2.05) is 27.7 Å². The minimum Gasteiger partial charge on any atom is -0.508 e. The summed E-state index contributed by atoms with van der Waals surface area (Å²) in [7, 11) is -9.24. The molecule has 5 aromatic carbocycles. The summed E-state index contributed by atoms with van der Waals surface area (Å²) in [4.78, 5) is 0. The third kappa shape index (κ3) is 10.8. The van der Waals surface area contributed by atoms with Crippen LogP contribution in [0.3, 0.4) is 0 Å². The van der Waals surface area contributed by atoms with Crippen LogP contribution in [0.1, 0.15) is 22.3 Å². The second-order valence-corrected chi connectivity index (χ2v) is 13.3. The molecule has 0 heterocycles. The summed E-state index contributed by atoms with van der Waals surface area (Å²) in [5.74, 6) is 0.947. The first-order valence-corrected chi connectivity index (χ1v) is 16.8. The number of phosphoric acid groups is 2. The first-order chi connectivity index (χ1) is 21.4. The van der Waals surface area contributed by atoms with Crippen molar-refractivity contribution in [1.82, 2.24) is 0 Å². The first-order valence-electron chi connectivity index (χ1n) is 13.8. The maximum atomic E-state index is 14.0. The zero-order chi connectivity index (χ0) is 32.5. The molecule has 5 aromatic rings. The van der Waals surface area contributed by atoms with Gasteiger partial charge in [0, 0.05) is 6.07 Å². The van der Waals surface area contributed by atoms with Gasteiger partial charge < -0.3 is 28.3 Å². The monoisotopic (exact) mass is 648 g/mol. The molecule has 0 saturated heterocycles. The zero-order valence-electron chi connectivity index (χ0n) is 25.2. The second-order valence-electron chi connectivity index (χ2n) is 10.1. The Balaban J connectivity index is 0.000000501. The summed E-state index contributed by atoms with van der Waals surface area (Å²) >= 11 is 0. The molecule has 0 fully saturated rings. The van der Waals surface area contributed by atoms with Gasteiger partial charge in [0.2, 0.25) is 0 Å². The van der Waals surface area contributed by atoms with E-state index in [9.17, 15) is 9.13 Å². The lowest BCUT2D eigenvalue weighted by atomic mass is 10.2. The van der Waals surface area contributed by atoms with Gasteiger partial charge in [0.25, 0.3) is 0 Å². The van der Waals surface area contributed by atoms with E-state index in [1.54, 1.807) is 103 Å². The Morgan fingerprint density at radius 1 is 0.422 bits per heavy atom. The van der Waals surface area contributed by atoms with Gasteiger partial charge in [-0.25, -0.2) is 9.13 Å². The van der Waals surface area contributed by atoms with Crippen LogP contribution in [0.15, 0.2) is 121 Å². The highest BCUT2D eigenvalue weighted by Gasteiger charge is 2.46. The average Bonchev–Trinajstić information content (AvgIpc) is 2.98. The Labute approximate surface area is 262 Å². The number of aryl methyl sites for hydroxylation is 4. The van der Waals surface area contributed by atoms with Gasteiger partial charge in [-0.2, -0.15) is 0 Å². The van der Waals surface area contributed by atoms with Gasteiger partial charge in [-0.3, -0.25) is 0 Å². The highest BCUT2D eigenvalue weighted by atomic mass is 31.3. The number of hydrogen-bond donors (Lipinski definition) is 2. The van der Waals surface area contributed by atoms with Crippen molar-refractivity contribution in [2.75, 3.05) is 0 Å². The molecule has 9 nitrogen and oxygen atoms in total. The lowest BCUT2D eigenvalue weighted by Crippen LogP contribution is -2.10. The smallest absolute Gasteiger partial charge is 0.508 e. The molecule has 0 saturated carbocycles. The van der Waals surface area contributed by atoms with E-state index in [4.69, 9.17) is 32.6 Å². The van der Waals surface area contributed by atoms with Crippen LogP contribution in [0.5, 0.6) is 34.5 Å². The number of hydrogen-bond acceptors (Lipinski definition) is 9. The molecule has 0 aliphatic heterocycles. The van der Waals surface area contributed by atoms with Gasteiger partial charge in [-0.15, -0.1) is 4.31 Å². The Morgan fingerprint density at radius 2 is 0.667 bits per heavy atom. The number of rotatable bonds is 10. The Bertz CT molecular complexity index is 1540. The van der Waals surface area contributed by atoms with Crippen molar-refractivity contribution in [3.63, 3.8) is 0 Å². The standard InChI is InChI=1S/C28H28O7P2.C6H6O2/c1-21-5-13-25(14-6-21)31-36(29,32-26-15-7-22(2)8-16-26)35-37(30,33-27-17-9-23(3)10-18-27)34-28-19-11-24(4)12-20-28;7-5-2-1-3-6(8)4-5/h5-20H,1-4H3;1-4,7-8H. The molecule has 234 valence electrons. The predicted molar refractivity (Wildman–Crippen MR) is 173 cm³/mol. The number of benzene rings is 5. The van der Waals surface area contributed by atoms with Crippen LogP contribution in [0.4, 0.5) is 0 Å². The second kappa shape index (κ2) is 14.9. The Hall–Kier alpha value is -4.68. The number of phenols is 2. The van der Waals surface area contributed by atoms with E-state index in [1.165, 1.54) is 18.2 Å². The van der Waals surface area contributed by atoms with Gasteiger partial charge in [-0.05, 0) is 88.4 Å². The van der Waals surface area contributed by atoms with Crippen molar-refractivity contribution >= 4 is 15.6 Å². The Morgan fingerprint density at radius 3 is 0.867 bits per heavy atom. The van der Waals surface area contributed by atoms with Crippen molar-refractivity contribution < 1.29 is 41.7 Å². The average molecular weight is 649 g/mol. The summed E-state index contributed by atoms with van der Waals surface area (Å²) in [5, 5.41) is 17.3. The van der Waals surface area contributed by atoms with Gasteiger partial charge in [0.05, 0.1) is 0 Å². The lowest BCUT2D eigenvalue weighted by molar-refractivity contribution is 0.243. The maximum Gasteiger partial charge on any atom is 0.598 e. The fourth-order valence-electron chi connectivity index (χ4n) is 3.63. The summed E-state index contributed by atoms with van der Waals surface area (Å²) in [6, 6.07) is 32.9. The highest BCUT2D eigenvalue weighted by Crippen LogP contribution is 2.64. The molecular formula is C34H34O9P2. The first kappa shape index (κ1) is 33.2. The molecule has 11 heteroatoms. The third-order valence-corrected chi connectivity index (χ3v) is 9.32. The van der Waals surface area contributed by atoms with Crippen molar-refractivity contribution in [1.29, 1.82) is 0 Å². The molecule has 0 atom stereocenters. The van der Waals surface area contributed by atoms with Gasteiger partial charge in [-0.1, -0.05) is 76.9 Å². The molecule has 0 spiro atoms. The molecule has 0 bridgehead atoms. The topological polar surface area (TPSA) is 121 Å².